The van der Waals surface area contributed by atoms with Crippen LogP contribution in [0.3, 0.4) is 0 Å². The lowest BCUT2D eigenvalue weighted by molar-refractivity contribution is -0.115. The summed E-state index contributed by atoms with van der Waals surface area (Å²) in [5.74, 6) is -0.0727. The molecule has 1 aromatic carbocycles. The van der Waals surface area contributed by atoms with Gasteiger partial charge in [-0.15, -0.1) is 0 Å². The molecule has 1 amide bonds. The van der Waals surface area contributed by atoms with Crippen LogP contribution in [0.25, 0.3) is 0 Å². The number of amides is 1. The van der Waals surface area contributed by atoms with Gasteiger partial charge in [0.1, 0.15) is 0 Å². The van der Waals surface area contributed by atoms with E-state index in [2.05, 4.69) is 22.6 Å². The Kier molecular flexibility index (Phi) is 5.79. The average molecular weight is 298 g/mol. The number of rotatable bonds is 5. The SMILES string of the molecule is CN1CCOC(CNCC(=O)Nc2ccc(Cl)cc2)C1. The van der Waals surface area contributed by atoms with E-state index in [9.17, 15) is 4.79 Å². The summed E-state index contributed by atoms with van der Waals surface area (Å²) in [6.07, 6.45) is 0.150. The van der Waals surface area contributed by atoms with Crippen molar-refractivity contribution in [2.24, 2.45) is 0 Å². The second-order valence-corrected chi connectivity index (χ2v) is 5.38. The van der Waals surface area contributed by atoms with Gasteiger partial charge in [0.05, 0.1) is 19.3 Å². The van der Waals surface area contributed by atoms with Gasteiger partial charge in [0.2, 0.25) is 5.91 Å². The molecule has 110 valence electrons. The monoisotopic (exact) mass is 297 g/mol. The van der Waals surface area contributed by atoms with Crippen LogP contribution < -0.4 is 10.6 Å². The summed E-state index contributed by atoms with van der Waals surface area (Å²) in [6, 6.07) is 7.05. The van der Waals surface area contributed by atoms with Gasteiger partial charge in [0.15, 0.2) is 0 Å². The molecule has 1 fully saturated rings. The Bertz CT molecular complexity index is 439. The second-order valence-electron chi connectivity index (χ2n) is 4.94. The molecule has 6 heteroatoms. The number of carbonyl (C=O) groups is 1. The van der Waals surface area contributed by atoms with Crippen LogP contribution in [-0.2, 0) is 9.53 Å². The normalized spacial score (nSPS) is 19.8. The lowest BCUT2D eigenvalue weighted by Crippen LogP contribution is -2.45. The van der Waals surface area contributed by atoms with Crippen molar-refractivity contribution < 1.29 is 9.53 Å². The summed E-state index contributed by atoms with van der Waals surface area (Å²) in [5, 5.41) is 6.57. The topological polar surface area (TPSA) is 53.6 Å². The van der Waals surface area contributed by atoms with E-state index in [1.165, 1.54) is 0 Å². The Labute approximate surface area is 124 Å². The number of hydrogen-bond acceptors (Lipinski definition) is 4. The van der Waals surface area contributed by atoms with Gasteiger partial charge in [-0.1, -0.05) is 11.6 Å². The van der Waals surface area contributed by atoms with Crippen LogP contribution in [0.15, 0.2) is 24.3 Å². The molecule has 1 heterocycles. The zero-order chi connectivity index (χ0) is 14.4. The number of ether oxygens (including phenoxy) is 1. The highest BCUT2D eigenvalue weighted by molar-refractivity contribution is 6.30. The van der Waals surface area contributed by atoms with Crippen molar-refractivity contribution in [2.45, 2.75) is 6.10 Å². The fraction of sp³-hybridized carbons (Fsp3) is 0.500. The third-order valence-electron chi connectivity index (χ3n) is 3.13. The van der Waals surface area contributed by atoms with Crippen molar-refractivity contribution in [3.05, 3.63) is 29.3 Å². The maximum absolute atomic E-state index is 11.7. The van der Waals surface area contributed by atoms with Gasteiger partial charge in [-0.05, 0) is 31.3 Å². The third-order valence-corrected chi connectivity index (χ3v) is 3.38. The Morgan fingerprint density at radius 2 is 2.20 bits per heavy atom. The van der Waals surface area contributed by atoms with E-state index >= 15 is 0 Å². The smallest absolute Gasteiger partial charge is 0.238 e. The zero-order valence-corrected chi connectivity index (χ0v) is 12.3. The van der Waals surface area contributed by atoms with Gasteiger partial charge < -0.3 is 20.3 Å². The molecule has 2 rings (SSSR count). The molecule has 0 aliphatic carbocycles. The molecule has 20 heavy (non-hydrogen) atoms. The molecule has 0 aromatic heterocycles. The molecule has 0 saturated carbocycles. The minimum Gasteiger partial charge on any atom is -0.374 e. The first kappa shape index (κ1) is 15.3. The number of halogens is 1. The molecule has 0 spiro atoms. The van der Waals surface area contributed by atoms with E-state index in [0.29, 0.717) is 11.6 Å². The fourth-order valence-corrected chi connectivity index (χ4v) is 2.20. The number of benzene rings is 1. The molecule has 2 N–H and O–H groups in total. The van der Waals surface area contributed by atoms with Crippen LogP contribution in [0.2, 0.25) is 5.02 Å². The van der Waals surface area contributed by atoms with Crippen LogP contribution in [0.5, 0.6) is 0 Å². The molecule has 0 radical (unpaired) electrons. The quantitative estimate of drug-likeness (QED) is 0.857. The number of anilines is 1. The molecule has 1 aliphatic rings. The molecular formula is C14H20ClN3O2. The fourth-order valence-electron chi connectivity index (χ4n) is 2.08. The third kappa shape index (κ3) is 5.09. The van der Waals surface area contributed by atoms with E-state index in [0.717, 1.165) is 25.4 Å². The van der Waals surface area contributed by atoms with Crippen molar-refractivity contribution in [2.75, 3.05) is 45.2 Å². The molecular weight excluding hydrogens is 278 g/mol. The largest absolute Gasteiger partial charge is 0.374 e. The molecule has 0 bridgehead atoms. The minimum absolute atomic E-state index is 0.0727. The van der Waals surface area contributed by atoms with Crippen LogP contribution in [-0.4, -0.2) is 56.7 Å². The van der Waals surface area contributed by atoms with Gasteiger partial charge in [0.25, 0.3) is 0 Å². The Morgan fingerprint density at radius 3 is 2.90 bits per heavy atom. The van der Waals surface area contributed by atoms with Crippen molar-refractivity contribution in [3.8, 4) is 0 Å². The summed E-state index contributed by atoms with van der Waals surface area (Å²) >= 11 is 5.79. The van der Waals surface area contributed by atoms with Gasteiger partial charge in [-0.2, -0.15) is 0 Å². The first-order chi connectivity index (χ1) is 9.63. The first-order valence-corrected chi connectivity index (χ1v) is 7.07. The van der Waals surface area contributed by atoms with Crippen LogP contribution in [0.4, 0.5) is 5.69 Å². The van der Waals surface area contributed by atoms with E-state index in [1.807, 2.05) is 0 Å². The predicted octanol–water partition coefficient (Wildman–Crippen LogP) is 1.20. The number of nitrogens with one attached hydrogen (secondary N) is 2. The molecule has 5 nitrogen and oxygen atoms in total. The number of likely N-dealkylation sites (N-methyl/N-ethyl adjacent to an activating group) is 1. The number of hydrogen-bond donors (Lipinski definition) is 2. The van der Waals surface area contributed by atoms with Crippen LogP contribution in [0, 0.1) is 0 Å². The van der Waals surface area contributed by atoms with E-state index in [1.54, 1.807) is 24.3 Å². The Hall–Kier alpha value is -1.14. The summed E-state index contributed by atoms with van der Waals surface area (Å²) in [5.41, 5.74) is 0.745. The number of carbonyl (C=O) groups excluding carboxylic acids is 1. The lowest BCUT2D eigenvalue weighted by atomic mass is 10.3. The van der Waals surface area contributed by atoms with Crippen molar-refractivity contribution in [3.63, 3.8) is 0 Å². The van der Waals surface area contributed by atoms with Crippen molar-refractivity contribution in [1.82, 2.24) is 10.2 Å². The summed E-state index contributed by atoms with van der Waals surface area (Å²) in [7, 11) is 2.07. The van der Waals surface area contributed by atoms with Gasteiger partial charge in [-0.25, -0.2) is 0 Å². The second kappa shape index (κ2) is 7.59. The molecule has 1 saturated heterocycles. The summed E-state index contributed by atoms with van der Waals surface area (Å²) < 4.78 is 5.61. The Morgan fingerprint density at radius 1 is 1.45 bits per heavy atom. The number of morpholine rings is 1. The lowest BCUT2D eigenvalue weighted by Gasteiger charge is -2.30. The van der Waals surface area contributed by atoms with E-state index < -0.39 is 0 Å². The van der Waals surface area contributed by atoms with Crippen molar-refractivity contribution >= 4 is 23.2 Å². The van der Waals surface area contributed by atoms with E-state index in [-0.39, 0.29) is 18.6 Å². The molecule has 1 unspecified atom stereocenters. The minimum atomic E-state index is -0.0727. The molecule has 1 aromatic rings. The van der Waals surface area contributed by atoms with Crippen LogP contribution in [0.1, 0.15) is 0 Å². The zero-order valence-electron chi connectivity index (χ0n) is 11.6. The van der Waals surface area contributed by atoms with E-state index in [4.69, 9.17) is 16.3 Å². The maximum Gasteiger partial charge on any atom is 0.238 e. The summed E-state index contributed by atoms with van der Waals surface area (Å²) in [4.78, 5) is 14.0. The number of nitrogens with zero attached hydrogens (tertiary/aromatic N) is 1. The van der Waals surface area contributed by atoms with Crippen LogP contribution >= 0.6 is 11.6 Å². The molecule has 1 aliphatic heterocycles. The van der Waals surface area contributed by atoms with Gasteiger partial charge in [-0.3, -0.25) is 4.79 Å². The highest BCUT2D eigenvalue weighted by atomic mass is 35.5. The van der Waals surface area contributed by atoms with Gasteiger partial charge >= 0.3 is 0 Å². The molecule has 1 atom stereocenters. The maximum atomic E-state index is 11.7. The predicted molar refractivity (Wildman–Crippen MR) is 80.2 cm³/mol. The highest BCUT2D eigenvalue weighted by Crippen LogP contribution is 2.12. The van der Waals surface area contributed by atoms with Gasteiger partial charge in [0, 0.05) is 30.3 Å². The average Bonchev–Trinajstić information content (AvgIpc) is 2.41. The highest BCUT2D eigenvalue weighted by Gasteiger charge is 2.17. The standard InChI is InChI=1S/C14H20ClN3O2/c1-18-6-7-20-13(10-18)8-16-9-14(19)17-12-4-2-11(15)3-5-12/h2-5,13,16H,6-10H2,1H3,(H,17,19). The van der Waals surface area contributed by atoms with Crippen molar-refractivity contribution in [1.29, 1.82) is 0 Å². The first-order valence-electron chi connectivity index (χ1n) is 6.70. The summed E-state index contributed by atoms with van der Waals surface area (Å²) in [6.45, 7) is 3.56. The Balaban J connectivity index is 1.66.